The number of pyridine rings is 1. The molecule has 2 rings (SSSR count). The van der Waals surface area contributed by atoms with Gasteiger partial charge in [0.1, 0.15) is 5.69 Å². The predicted octanol–water partition coefficient (Wildman–Crippen LogP) is 6.06. The number of halogens is 7. The number of nitrogens with zero attached hydrogens (tertiary/aromatic N) is 4. The van der Waals surface area contributed by atoms with E-state index in [-0.39, 0.29) is 48.2 Å². The molecule has 1 amide bonds. The summed E-state index contributed by atoms with van der Waals surface area (Å²) in [7, 11) is 0. The van der Waals surface area contributed by atoms with E-state index in [0.717, 1.165) is 11.8 Å². The first-order valence-corrected chi connectivity index (χ1v) is 11.2. The summed E-state index contributed by atoms with van der Waals surface area (Å²) in [6.07, 6.45) is -6.16. The Labute approximate surface area is 190 Å². The molecule has 2 heterocycles. The summed E-state index contributed by atoms with van der Waals surface area (Å²) in [5, 5.41) is 4.10. The average Bonchev–Trinajstić information content (AvgIpc) is 3.08. The maximum Gasteiger partial charge on any atom is 0.389 e. The Balaban J connectivity index is 2.07. The summed E-state index contributed by atoms with van der Waals surface area (Å²) < 4.78 is 75.4. The fraction of sp³-hybridized carbons (Fsp3) is 0.526. The monoisotopic (exact) mass is 502 g/mol. The van der Waals surface area contributed by atoms with Crippen molar-refractivity contribution in [3.05, 3.63) is 35.9 Å². The van der Waals surface area contributed by atoms with E-state index in [1.54, 1.807) is 18.3 Å². The maximum absolute atomic E-state index is 12.8. The lowest BCUT2D eigenvalue weighted by atomic mass is 10.2. The van der Waals surface area contributed by atoms with Gasteiger partial charge in [0.15, 0.2) is 5.15 Å². The number of thioether (sulfide) groups is 1. The van der Waals surface area contributed by atoms with Gasteiger partial charge in [-0.2, -0.15) is 43.2 Å². The molecule has 32 heavy (non-hydrogen) atoms. The third kappa shape index (κ3) is 9.27. The number of aromatic nitrogens is 3. The van der Waals surface area contributed by atoms with Crippen molar-refractivity contribution in [2.75, 3.05) is 23.0 Å². The van der Waals surface area contributed by atoms with Crippen LogP contribution in [0.5, 0.6) is 0 Å². The van der Waals surface area contributed by atoms with Crippen LogP contribution in [0.25, 0.3) is 5.69 Å². The van der Waals surface area contributed by atoms with Crippen LogP contribution in [-0.4, -0.2) is 51.1 Å². The van der Waals surface area contributed by atoms with Crippen molar-refractivity contribution in [1.82, 2.24) is 14.8 Å². The SMILES string of the molecule is O=C(CCSCCC(F)(F)F)N(CCCCC(F)(F)F)c1cn(-c2cccnc2)nc1Cl. The van der Waals surface area contributed by atoms with Gasteiger partial charge in [0.25, 0.3) is 0 Å². The molecule has 0 bridgehead atoms. The lowest BCUT2D eigenvalue weighted by Gasteiger charge is -2.22. The third-order valence-corrected chi connectivity index (χ3v) is 5.49. The summed E-state index contributed by atoms with van der Waals surface area (Å²) in [6.45, 7) is -0.0272. The topological polar surface area (TPSA) is 51.0 Å². The molecular weight excluding hydrogens is 482 g/mol. The highest BCUT2D eigenvalue weighted by molar-refractivity contribution is 7.99. The first kappa shape index (κ1) is 26.3. The molecule has 0 spiro atoms. The van der Waals surface area contributed by atoms with Crippen molar-refractivity contribution >= 4 is 35.0 Å². The van der Waals surface area contributed by atoms with Crippen molar-refractivity contribution < 1.29 is 31.1 Å². The molecular formula is C19H21ClF6N4OS. The molecule has 2 aromatic rings. The number of carbonyl (C=O) groups is 1. The van der Waals surface area contributed by atoms with Crippen LogP contribution in [0.3, 0.4) is 0 Å². The number of unbranched alkanes of at least 4 members (excludes halogenated alkanes) is 1. The van der Waals surface area contributed by atoms with Crippen LogP contribution in [0, 0.1) is 0 Å². The van der Waals surface area contributed by atoms with E-state index < -0.39 is 31.1 Å². The molecule has 0 aliphatic carbocycles. The van der Waals surface area contributed by atoms with Gasteiger partial charge in [-0.3, -0.25) is 9.78 Å². The largest absolute Gasteiger partial charge is 0.389 e. The summed E-state index contributed by atoms with van der Waals surface area (Å²) >= 11 is 7.18. The summed E-state index contributed by atoms with van der Waals surface area (Å²) in [6, 6.07) is 3.37. The number of carbonyl (C=O) groups excluding carboxylic acids is 1. The fourth-order valence-electron chi connectivity index (χ4n) is 2.71. The Kier molecular flexibility index (Phi) is 9.68. The van der Waals surface area contributed by atoms with Crippen LogP contribution >= 0.6 is 23.4 Å². The number of rotatable bonds is 11. The van der Waals surface area contributed by atoms with E-state index in [0.29, 0.717) is 5.69 Å². The molecule has 178 valence electrons. The third-order valence-electron chi connectivity index (χ3n) is 4.24. The minimum absolute atomic E-state index is 0.0252. The van der Waals surface area contributed by atoms with Crippen LogP contribution in [0.4, 0.5) is 32.0 Å². The molecule has 0 radical (unpaired) electrons. The van der Waals surface area contributed by atoms with Crippen LogP contribution in [-0.2, 0) is 4.79 Å². The normalized spacial score (nSPS) is 12.2. The van der Waals surface area contributed by atoms with Crippen LogP contribution in [0.1, 0.15) is 32.1 Å². The van der Waals surface area contributed by atoms with Gasteiger partial charge < -0.3 is 4.90 Å². The quantitative estimate of drug-likeness (QED) is 0.277. The second-order valence-electron chi connectivity index (χ2n) is 6.81. The van der Waals surface area contributed by atoms with Gasteiger partial charge in [-0.05, 0) is 25.0 Å². The summed E-state index contributed by atoms with van der Waals surface area (Å²) in [5.41, 5.74) is 0.778. The molecule has 2 aromatic heterocycles. The fourth-order valence-corrected chi connectivity index (χ4v) is 3.84. The minimum Gasteiger partial charge on any atom is -0.308 e. The van der Waals surface area contributed by atoms with Crippen molar-refractivity contribution in [1.29, 1.82) is 0 Å². The standard InChI is InChI=1S/C19H21ClF6N4OS/c20-17-15(13-30(28-17)14-4-3-8-27-12-14)29(9-2-1-6-18(21,22)23)16(31)5-10-32-11-7-19(24,25)26/h3-4,8,12-13H,1-2,5-7,9-11H2. The van der Waals surface area contributed by atoms with E-state index in [1.165, 1.54) is 22.0 Å². The van der Waals surface area contributed by atoms with E-state index in [1.807, 2.05) is 0 Å². The van der Waals surface area contributed by atoms with Crippen molar-refractivity contribution in [2.24, 2.45) is 0 Å². The first-order chi connectivity index (χ1) is 15.0. The first-order valence-electron chi connectivity index (χ1n) is 9.63. The van der Waals surface area contributed by atoms with Gasteiger partial charge in [-0.25, -0.2) is 4.68 Å². The molecule has 0 N–H and O–H groups in total. The van der Waals surface area contributed by atoms with Gasteiger partial charge in [0.2, 0.25) is 5.91 Å². The van der Waals surface area contributed by atoms with Crippen LogP contribution < -0.4 is 4.90 Å². The number of hydrogen-bond acceptors (Lipinski definition) is 4. The number of amides is 1. The predicted molar refractivity (Wildman–Crippen MR) is 111 cm³/mol. The second-order valence-corrected chi connectivity index (χ2v) is 8.39. The smallest absolute Gasteiger partial charge is 0.308 e. The van der Waals surface area contributed by atoms with Gasteiger partial charge >= 0.3 is 12.4 Å². The van der Waals surface area contributed by atoms with Gasteiger partial charge in [-0.15, -0.1) is 0 Å². The Bertz CT molecular complexity index is 860. The van der Waals surface area contributed by atoms with E-state index in [9.17, 15) is 31.1 Å². The van der Waals surface area contributed by atoms with E-state index in [4.69, 9.17) is 11.6 Å². The Morgan fingerprint density at radius 3 is 2.44 bits per heavy atom. The zero-order chi connectivity index (χ0) is 23.8. The van der Waals surface area contributed by atoms with Gasteiger partial charge in [-0.1, -0.05) is 11.6 Å². The Morgan fingerprint density at radius 2 is 1.81 bits per heavy atom. The zero-order valence-corrected chi connectivity index (χ0v) is 18.4. The minimum atomic E-state index is -4.30. The Morgan fingerprint density at radius 1 is 1.09 bits per heavy atom. The molecule has 0 saturated heterocycles. The molecule has 0 atom stereocenters. The van der Waals surface area contributed by atoms with Gasteiger partial charge in [0.05, 0.1) is 24.5 Å². The lowest BCUT2D eigenvalue weighted by molar-refractivity contribution is -0.135. The van der Waals surface area contributed by atoms with Crippen LogP contribution in [0.15, 0.2) is 30.7 Å². The van der Waals surface area contributed by atoms with Gasteiger partial charge in [0, 0.05) is 37.1 Å². The van der Waals surface area contributed by atoms with E-state index >= 15 is 0 Å². The molecule has 0 aliphatic heterocycles. The average molecular weight is 503 g/mol. The van der Waals surface area contributed by atoms with Crippen molar-refractivity contribution in [3.8, 4) is 5.69 Å². The maximum atomic E-state index is 12.8. The molecule has 0 saturated carbocycles. The molecule has 13 heteroatoms. The second kappa shape index (κ2) is 11.8. The summed E-state index contributed by atoms with van der Waals surface area (Å²) in [5.74, 6) is -0.492. The molecule has 0 unspecified atom stereocenters. The number of anilines is 1. The highest BCUT2D eigenvalue weighted by Gasteiger charge is 2.28. The van der Waals surface area contributed by atoms with Crippen LogP contribution in [0.2, 0.25) is 5.15 Å². The number of hydrogen-bond donors (Lipinski definition) is 0. The number of alkyl halides is 6. The lowest BCUT2D eigenvalue weighted by Crippen LogP contribution is -2.32. The van der Waals surface area contributed by atoms with E-state index in [2.05, 4.69) is 10.1 Å². The highest BCUT2D eigenvalue weighted by atomic mass is 35.5. The molecule has 0 fully saturated rings. The molecule has 0 aliphatic rings. The van der Waals surface area contributed by atoms with Crippen molar-refractivity contribution in [3.63, 3.8) is 0 Å². The summed E-state index contributed by atoms with van der Waals surface area (Å²) in [4.78, 5) is 18.0. The molecule has 0 aromatic carbocycles. The van der Waals surface area contributed by atoms with Crippen molar-refractivity contribution in [2.45, 2.75) is 44.5 Å². The Hall–Kier alpha value is -1.95. The highest BCUT2D eigenvalue weighted by Crippen LogP contribution is 2.29. The zero-order valence-electron chi connectivity index (χ0n) is 16.8. The molecule has 5 nitrogen and oxygen atoms in total.